The van der Waals surface area contributed by atoms with Crippen LogP contribution in [0.25, 0.3) is 0 Å². The molecule has 0 aliphatic carbocycles. The van der Waals surface area contributed by atoms with Gasteiger partial charge in [-0.1, -0.05) is 117 Å². The number of hydrogen-bond acceptors (Lipinski definition) is 0. The van der Waals surface area contributed by atoms with Gasteiger partial charge < -0.3 is 0 Å². The third kappa shape index (κ3) is 4.64. The number of rotatable bonds is 1. The smallest absolute Gasteiger partial charge is 0.0716 e. The molecule has 0 N–H and O–H groups in total. The van der Waals surface area contributed by atoms with Gasteiger partial charge in [0.05, 0.1) is 0 Å². The largest absolute Gasteiger partial charge is 0.187 e. The van der Waals surface area contributed by atoms with Crippen molar-refractivity contribution < 1.29 is 0 Å². The second-order valence-electron chi connectivity index (χ2n) is 11.4. The van der Waals surface area contributed by atoms with Gasteiger partial charge in [0.25, 0.3) is 0 Å². The molecule has 1 heteroatoms. The molecule has 23 heavy (non-hydrogen) atoms. The molecule has 0 unspecified atom stereocenters. The Hall–Kier alpha value is -0.715. The molecule has 0 heterocycles. The van der Waals surface area contributed by atoms with E-state index in [2.05, 4.69) is 101 Å². The lowest BCUT2D eigenvalue weighted by Crippen LogP contribution is -2.51. The van der Waals surface area contributed by atoms with Gasteiger partial charge in [-0.05, 0) is 22.0 Å². The summed E-state index contributed by atoms with van der Waals surface area (Å²) in [5.41, 5.74) is 4.93. The van der Waals surface area contributed by atoms with Gasteiger partial charge >= 0.3 is 0 Å². The van der Waals surface area contributed by atoms with Gasteiger partial charge in [-0.2, -0.15) is 0 Å². The Kier molecular flexibility index (Phi) is 5.28. The molecule has 1 aromatic rings. The van der Waals surface area contributed by atoms with E-state index in [1.807, 2.05) is 0 Å². The highest BCUT2D eigenvalue weighted by Crippen LogP contribution is 2.44. The summed E-state index contributed by atoms with van der Waals surface area (Å²) < 4.78 is 0. The standard InChI is InChI=1S/C22H39B/c1-19(2,3)16-14-13-15-17(20(4,5)6)18(16)23(21(7,8)9)22(10,11)12/h13-15H,1-12H3. The molecule has 1 rings (SSSR count). The van der Waals surface area contributed by atoms with Gasteiger partial charge in [0.1, 0.15) is 0 Å². The van der Waals surface area contributed by atoms with E-state index >= 15 is 0 Å². The first-order valence-electron chi connectivity index (χ1n) is 9.11. The average Bonchev–Trinajstić information content (AvgIpc) is 2.21. The van der Waals surface area contributed by atoms with Crippen molar-refractivity contribution in [3.63, 3.8) is 0 Å². The van der Waals surface area contributed by atoms with Crippen LogP contribution in [0.4, 0.5) is 0 Å². The van der Waals surface area contributed by atoms with Crippen molar-refractivity contribution in [2.24, 2.45) is 0 Å². The molecule has 0 saturated heterocycles. The van der Waals surface area contributed by atoms with E-state index < -0.39 is 0 Å². The summed E-state index contributed by atoms with van der Waals surface area (Å²) in [6.07, 6.45) is 0. The maximum Gasteiger partial charge on any atom is 0.187 e. The Morgan fingerprint density at radius 2 is 0.870 bits per heavy atom. The van der Waals surface area contributed by atoms with Crippen LogP contribution in [-0.2, 0) is 10.8 Å². The fourth-order valence-electron chi connectivity index (χ4n) is 4.35. The quantitative estimate of drug-likeness (QED) is 0.513. The highest BCUT2D eigenvalue weighted by molar-refractivity contribution is 6.79. The van der Waals surface area contributed by atoms with Gasteiger partial charge in [-0.15, -0.1) is 0 Å². The fourth-order valence-corrected chi connectivity index (χ4v) is 4.35. The van der Waals surface area contributed by atoms with Gasteiger partial charge in [0, 0.05) is 0 Å². The molecule has 0 aliphatic rings. The third-order valence-electron chi connectivity index (χ3n) is 4.74. The zero-order valence-electron chi connectivity index (χ0n) is 17.8. The van der Waals surface area contributed by atoms with Crippen molar-refractivity contribution in [3.8, 4) is 0 Å². The minimum absolute atomic E-state index is 0.158. The number of hydrogen-bond donors (Lipinski definition) is 0. The van der Waals surface area contributed by atoms with E-state index in [0.29, 0.717) is 6.71 Å². The van der Waals surface area contributed by atoms with E-state index in [1.54, 1.807) is 5.46 Å². The van der Waals surface area contributed by atoms with Crippen LogP contribution in [0.3, 0.4) is 0 Å². The second-order valence-corrected chi connectivity index (χ2v) is 11.4. The molecule has 0 radical (unpaired) electrons. The molecular formula is C22H39B. The van der Waals surface area contributed by atoms with Crippen LogP contribution in [0, 0.1) is 0 Å². The summed E-state index contributed by atoms with van der Waals surface area (Å²) in [5.74, 6) is 0. The molecule has 0 spiro atoms. The molecule has 0 atom stereocenters. The minimum Gasteiger partial charge on any atom is -0.0716 e. The van der Waals surface area contributed by atoms with E-state index in [9.17, 15) is 0 Å². The van der Waals surface area contributed by atoms with Gasteiger partial charge in [0.15, 0.2) is 6.71 Å². The van der Waals surface area contributed by atoms with Gasteiger partial charge in [-0.3, -0.25) is 0 Å². The lowest BCUT2D eigenvalue weighted by molar-refractivity contribution is 0.570. The molecule has 0 fully saturated rings. The van der Waals surface area contributed by atoms with Crippen LogP contribution < -0.4 is 5.46 Å². The molecule has 1 aromatic carbocycles. The Labute approximate surface area is 146 Å². The van der Waals surface area contributed by atoms with E-state index in [4.69, 9.17) is 0 Å². The molecular weight excluding hydrogens is 275 g/mol. The predicted octanol–water partition coefficient (Wildman–Crippen LogP) is 6.58. The summed E-state index contributed by atoms with van der Waals surface area (Å²) in [6.45, 7) is 29.0. The summed E-state index contributed by atoms with van der Waals surface area (Å²) in [5, 5.41) is 0.444. The van der Waals surface area contributed by atoms with Crippen molar-refractivity contribution in [1.82, 2.24) is 0 Å². The van der Waals surface area contributed by atoms with Crippen molar-refractivity contribution in [2.45, 2.75) is 105 Å². The zero-order chi connectivity index (χ0) is 18.4. The summed E-state index contributed by atoms with van der Waals surface area (Å²) in [4.78, 5) is 0. The minimum atomic E-state index is 0.158. The van der Waals surface area contributed by atoms with E-state index in [0.717, 1.165) is 0 Å². The third-order valence-corrected chi connectivity index (χ3v) is 4.74. The first-order chi connectivity index (χ1) is 9.97. The van der Waals surface area contributed by atoms with E-state index in [1.165, 1.54) is 11.1 Å². The Balaban J connectivity index is 3.91. The van der Waals surface area contributed by atoms with Crippen LogP contribution in [0.15, 0.2) is 18.2 Å². The molecule has 0 bridgehead atoms. The molecule has 0 aliphatic heterocycles. The normalized spacial score (nSPS) is 14.1. The highest BCUT2D eigenvalue weighted by atomic mass is 14.3. The second kappa shape index (κ2) is 5.98. The summed E-state index contributed by atoms with van der Waals surface area (Å²) >= 11 is 0. The monoisotopic (exact) mass is 314 g/mol. The average molecular weight is 314 g/mol. The first-order valence-corrected chi connectivity index (χ1v) is 9.11. The van der Waals surface area contributed by atoms with Crippen LogP contribution in [-0.4, -0.2) is 6.71 Å². The van der Waals surface area contributed by atoms with Gasteiger partial charge in [-0.25, -0.2) is 0 Å². The molecule has 0 saturated carbocycles. The Morgan fingerprint density at radius 3 is 1.09 bits per heavy atom. The fraction of sp³-hybridized carbons (Fsp3) is 0.727. The lowest BCUT2D eigenvalue weighted by Gasteiger charge is -2.43. The molecule has 0 amide bonds. The topological polar surface area (TPSA) is 0 Å². The van der Waals surface area contributed by atoms with Crippen LogP contribution in [0.5, 0.6) is 0 Å². The molecule has 0 aromatic heterocycles. The summed E-state index contributed by atoms with van der Waals surface area (Å²) in [6, 6.07) is 6.97. The van der Waals surface area contributed by atoms with Crippen molar-refractivity contribution in [2.75, 3.05) is 0 Å². The van der Waals surface area contributed by atoms with E-state index in [-0.39, 0.29) is 21.5 Å². The van der Waals surface area contributed by atoms with Crippen molar-refractivity contribution in [3.05, 3.63) is 29.3 Å². The summed E-state index contributed by atoms with van der Waals surface area (Å²) in [7, 11) is 0. The van der Waals surface area contributed by atoms with Crippen LogP contribution in [0.2, 0.25) is 10.6 Å². The maximum atomic E-state index is 2.40. The van der Waals surface area contributed by atoms with Crippen molar-refractivity contribution >= 4 is 12.2 Å². The van der Waals surface area contributed by atoms with Gasteiger partial charge in [0.2, 0.25) is 0 Å². The highest BCUT2D eigenvalue weighted by Gasteiger charge is 2.44. The first kappa shape index (κ1) is 20.3. The lowest BCUT2D eigenvalue weighted by atomic mass is 9.20. The zero-order valence-corrected chi connectivity index (χ0v) is 17.8. The molecule has 130 valence electrons. The number of benzene rings is 1. The Morgan fingerprint density at radius 1 is 0.565 bits per heavy atom. The molecule has 0 nitrogen and oxygen atoms in total. The maximum absolute atomic E-state index is 2.40. The predicted molar refractivity (Wildman–Crippen MR) is 109 cm³/mol. The van der Waals surface area contributed by atoms with Crippen LogP contribution >= 0.6 is 0 Å². The SMILES string of the molecule is CC(C)(C)B(c1c(C(C)(C)C)cccc1C(C)(C)C)C(C)(C)C. The van der Waals surface area contributed by atoms with Crippen LogP contribution in [0.1, 0.15) is 94.2 Å². The Bertz CT molecular complexity index is 493. The van der Waals surface area contributed by atoms with Crippen molar-refractivity contribution in [1.29, 1.82) is 0 Å².